The lowest BCUT2D eigenvalue weighted by Crippen LogP contribution is -2.39. The van der Waals surface area contributed by atoms with Crippen molar-refractivity contribution < 1.29 is 16.8 Å². The first kappa shape index (κ1) is 20.5. The van der Waals surface area contributed by atoms with E-state index in [9.17, 15) is 16.8 Å². The highest BCUT2D eigenvalue weighted by Gasteiger charge is 2.33. The molecule has 0 bridgehead atoms. The van der Waals surface area contributed by atoms with Crippen LogP contribution < -0.4 is 0 Å². The highest BCUT2D eigenvalue weighted by Crippen LogP contribution is 2.33. The topological polar surface area (TPSA) is 84.4 Å². The third-order valence-electron chi connectivity index (χ3n) is 4.47. The standard InChI is InChI=1S/C17H18Cl2N2O4S2/c1-26(22,23)16-9-14(19)10-20-17(16)12-3-2-8-21(11-12)27(24,25)15-6-4-13(18)5-7-15/h4-7,9-10,12H,2-3,8,11H2,1H3/t12-/m0/s1. The number of nitrogens with zero attached hydrogens (tertiary/aromatic N) is 2. The molecule has 1 aliphatic rings. The number of benzene rings is 1. The molecule has 146 valence electrons. The van der Waals surface area contributed by atoms with E-state index in [1.54, 1.807) is 0 Å². The van der Waals surface area contributed by atoms with E-state index in [0.29, 0.717) is 30.1 Å². The van der Waals surface area contributed by atoms with Crippen LogP contribution in [0.25, 0.3) is 0 Å². The number of hydrogen-bond acceptors (Lipinski definition) is 5. The number of pyridine rings is 1. The lowest BCUT2D eigenvalue weighted by atomic mass is 9.95. The van der Waals surface area contributed by atoms with Gasteiger partial charge in [-0.15, -0.1) is 0 Å². The van der Waals surface area contributed by atoms with E-state index in [1.807, 2.05) is 0 Å². The molecular weight excluding hydrogens is 431 g/mol. The summed E-state index contributed by atoms with van der Waals surface area (Å²) in [6, 6.07) is 7.34. The molecule has 1 aromatic heterocycles. The van der Waals surface area contributed by atoms with Gasteiger partial charge in [-0.05, 0) is 43.2 Å². The first-order chi connectivity index (χ1) is 12.6. The van der Waals surface area contributed by atoms with E-state index in [2.05, 4.69) is 4.98 Å². The van der Waals surface area contributed by atoms with E-state index >= 15 is 0 Å². The largest absolute Gasteiger partial charge is 0.258 e. The number of sulfonamides is 1. The van der Waals surface area contributed by atoms with Gasteiger partial charge in [0.1, 0.15) is 0 Å². The van der Waals surface area contributed by atoms with Crippen LogP contribution in [0.3, 0.4) is 0 Å². The molecule has 1 aromatic carbocycles. The third-order valence-corrected chi connectivity index (χ3v) is 7.93. The third kappa shape index (κ3) is 4.46. The number of piperidine rings is 1. The van der Waals surface area contributed by atoms with Crippen molar-refractivity contribution in [3.8, 4) is 0 Å². The van der Waals surface area contributed by atoms with Gasteiger partial charge in [0.15, 0.2) is 9.84 Å². The zero-order valence-electron chi connectivity index (χ0n) is 14.5. The molecule has 0 unspecified atom stereocenters. The van der Waals surface area contributed by atoms with Gasteiger partial charge in [-0.2, -0.15) is 4.31 Å². The molecule has 2 aromatic rings. The molecule has 2 heterocycles. The first-order valence-electron chi connectivity index (χ1n) is 8.20. The summed E-state index contributed by atoms with van der Waals surface area (Å²) in [6.45, 7) is 0.519. The van der Waals surface area contributed by atoms with Crippen LogP contribution in [0.2, 0.25) is 10.0 Å². The van der Waals surface area contributed by atoms with Gasteiger partial charge in [0, 0.05) is 36.5 Å². The number of aromatic nitrogens is 1. The molecule has 1 fully saturated rings. The van der Waals surface area contributed by atoms with Gasteiger partial charge in [-0.1, -0.05) is 23.2 Å². The molecule has 0 saturated carbocycles. The van der Waals surface area contributed by atoms with Crippen LogP contribution in [-0.2, 0) is 19.9 Å². The summed E-state index contributed by atoms with van der Waals surface area (Å²) in [4.78, 5) is 4.42. The lowest BCUT2D eigenvalue weighted by Gasteiger charge is -2.32. The van der Waals surface area contributed by atoms with Crippen molar-refractivity contribution in [2.75, 3.05) is 19.3 Å². The monoisotopic (exact) mass is 448 g/mol. The molecular formula is C17H18Cl2N2O4S2. The molecule has 0 N–H and O–H groups in total. The summed E-state index contributed by atoms with van der Waals surface area (Å²) < 4.78 is 51.5. The Labute approximate surface area is 169 Å². The van der Waals surface area contributed by atoms with Crippen molar-refractivity contribution in [2.24, 2.45) is 0 Å². The van der Waals surface area contributed by atoms with E-state index in [-0.39, 0.29) is 27.3 Å². The second-order valence-electron chi connectivity index (χ2n) is 6.47. The summed E-state index contributed by atoms with van der Waals surface area (Å²) in [5, 5.41) is 0.675. The van der Waals surface area contributed by atoms with Crippen LogP contribution in [0.5, 0.6) is 0 Å². The summed E-state index contributed by atoms with van der Waals surface area (Å²) >= 11 is 11.8. The van der Waals surface area contributed by atoms with Crippen molar-refractivity contribution >= 4 is 43.1 Å². The van der Waals surface area contributed by atoms with Crippen molar-refractivity contribution in [2.45, 2.75) is 28.6 Å². The van der Waals surface area contributed by atoms with Gasteiger partial charge in [-0.3, -0.25) is 4.98 Å². The summed E-state index contributed by atoms with van der Waals surface area (Å²) in [6.07, 6.45) is 3.72. The maximum absolute atomic E-state index is 12.9. The Kier molecular flexibility index (Phi) is 5.84. The van der Waals surface area contributed by atoms with Crippen molar-refractivity contribution in [3.63, 3.8) is 0 Å². The molecule has 1 atom stereocenters. The van der Waals surface area contributed by atoms with Gasteiger partial charge in [0.25, 0.3) is 0 Å². The number of sulfone groups is 1. The fraction of sp³-hybridized carbons (Fsp3) is 0.353. The maximum Gasteiger partial charge on any atom is 0.243 e. The molecule has 0 aliphatic carbocycles. The van der Waals surface area contributed by atoms with E-state index in [1.165, 1.54) is 40.8 Å². The van der Waals surface area contributed by atoms with Crippen LogP contribution >= 0.6 is 23.2 Å². The van der Waals surface area contributed by atoms with Crippen LogP contribution in [0, 0.1) is 0 Å². The number of rotatable bonds is 4. The van der Waals surface area contributed by atoms with Crippen LogP contribution in [0.1, 0.15) is 24.5 Å². The van der Waals surface area contributed by atoms with Gasteiger partial charge in [-0.25, -0.2) is 16.8 Å². The highest BCUT2D eigenvalue weighted by molar-refractivity contribution is 7.90. The Hall–Kier alpha value is -1.19. The van der Waals surface area contributed by atoms with Crippen LogP contribution in [0.15, 0.2) is 46.3 Å². The van der Waals surface area contributed by atoms with Crippen LogP contribution in [0.4, 0.5) is 0 Å². The van der Waals surface area contributed by atoms with Crippen LogP contribution in [-0.4, -0.2) is 45.5 Å². The summed E-state index contributed by atoms with van der Waals surface area (Å²) in [5.74, 6) is -0.331. The molecule has 10 heteroatoms. The summed E-state index contributed by atoms with van der Waals surface area (Å²) in [5.41, 5.74) is 0.359. The Morgan fingerprint density at radius 3 is 2.37 bits per heavy atom. The molecule has 27 heavy (non-hydrogen) atoms. The second-order valence-corrected chi connectivity index (χ2v) is 11.3. The molecule has 0 radical (unpaired) electrons. The van der Waals surface area contributed by atoms with Crippen molar-refractivity contribution in [1.29, 1.82) is 0 Å². The normalized spacial score (nSPS) is 19.1. The Balaban J connectivity index is 1.95. The smallest absolute Gasteiger partial charge is 0.243 e. The predicted octanol–water partition coefficient (Wildman–Crippen LogP) is 3.36. The molecule has 1 saturated heterocycles. The van der Waals surface area contributed by atoms with E-state index in [0.717, 1.165) is 6.26 Å². The molecule has 0 amide bonds. The molecule has 1 aliphatic heterocycles. The average Bonchev–Trinajstić information content (AvgIpc) is 2.61. The molecule has 0 spiro atoms. The zero-order valence-corrected chi connectivity index (χ0v) is 17.6. The minimum absolute atomic E-state index is 0.0470. The molecule has 6 nitrogen and oxygen atoms in total. The van der Waals surface area contributed by atoms with Gasteiger partial charge >= 0.3 is 0 Å². The van der Waals surface area contributed by atoms with E-state index in [4.69, 9.17) is 23.2 Å². The number of halogens is 2. The van der Waals surface area contributed by atoms with Crippen molar-refractivity contribution in [3.05, 3.63) is 52.3 Å². The van der Waals surface area contributed by atoms with Gasteiger partial charge in [0.2, 0.25) is 10.0 Å². The van der Waals surface area contributed by atoms with Gasteiger partial charge in [0.05, 0.1) is 20.5 Å². The second kappa shape index (κ2) is 7.67. The fourth-order valence-corrected chi connectivity index (χ4v) is 5.99. The fourth-order valence-electron chi connectivity index (χ4n) is 3.17. The van der Waals surface area contributed by atoms with Gasteiger partial charge < -0.3 is 0 Å². The summed E-state index contributed by atoms with van der Waals surface area (Å²) in [7, 11) is -7.25. The predicted molar refractivity (Wildman–Crippen MR) is 105 cm³/mol. The Bertz CT molecular complexity index is 1050. The Morgan fingerprint density at radius 2 is 1.74 bits per heavy atom. The minimum atomic E-state index is -3.70. The van der Waals surface area contributed by atoms with E-state index < -0.39 is 19.9 Å². The SMILES string of the molecule is CS(=O)(=O)c1cc(Cl)cnc1[C@H]1CCCN(S(=O)(=O)c2ccc(Cl)cc2)C1. The zero-order chi connectivity index (χ0) is 19.8. The first-order valence-corrected chi connectivity index (χ1v) is 12.3. The maximum atomic E-state index is 12.9. The quantitative estimate of drug-likeness (QED) is 0.715. The lowest BCUT2D eigenvalue weighted by molar-refractivity contribution is 0.310. The minimum Gasteiger partial charge on any atom is -0.258 e. The number of hydrogen-bond donors (Lipinski definition) is 0. The highest BCUT2D eigenvalue weighted by atomic mass is 35.5. The molecule has 3 rings (SSSR count). The average molecular weight is 449 g/mol. The van der Waals surface area contributed by atoms with Crippen molar-refractivity contribution in [1.82, 2.24) is 9.29 Å². The Morgan fingerprint density at radius 1 is 1.07 bits per heavy atom.